The van der Waals surface area contributed by atoms with Gasteiger partial charge in [-0.2, -0.15) is 13.2 Å². The Bertz CT molecular complexity index is 519. The van der Waals surface area contributed by atoms with Crippen molar-refractivity contribution in [3.05, 3.63) is 41.5 Å². The third-order valence-electron chi connectivity index (χ3n) is 5.63. The predicted molar refractivity (Wildman–Crippen MR) is 104 cm³/mol. The molecule has 0 nitrogen and oxygen atoms in total. The lowest BCUT2D eigenvalue weighted by Crippen LogP contribution is -2.13. The van der Waals surface area contributed by atoms with Crippen LogP contribution in [0.25, 0.3) is 6.08 Å². The SMILES string of the molecule is CCCCCC[C@H]1CC[C@H](c2ccc(C=CCCC(F)(F)F)cc2)CC1. The largest absolute Gasteiger partial charge is 0.389 e. The zero-order chi connectivity index (χ0) is 18.8. The van der Waals surface area contributed by atoms with E-state index in [0.717, 1.165) is 11.5 Å². The van der Waals surface area contributed by atoms with Crippen molar-refractivity contribution in [2.75, 3.05) is 0 Å². The summed E-state index contributed by atoms with van der Waals surface area (Å²) >= 11 is 0. The summed E-state index contributed by atoms with van der Waals surface area (Å²) in [6.45, 7) is 2.26. The Morgan fingerprint density at radius 2 is 1.65 bits per heavy atom. The molecule has 0 radical (unpaired) electrons. The zero-order valence-electron chi connectivity index (χ0n) is 16.0. The molecule has 0 N–H and O–H groups in total. The highest BCUT2D eigenvalue weighted by Gasteiger charge is 2.25. The monoisotopic (exact) mass is 366 g/mol. The van der Waals surface area contributed by atoms with Gasteiger partial charge in [-0.3, -0.25) is 0 Å². The Morgan fingerprint density at radius 3 is 2.27 bits per heavy atom. The number of benzene rings is 1. The maximum atomic E-state index is 12.1. The maximum Gasteiger partial charge on any atom is 0.389 e. The van der Waals surface area contributed by atoms with Crippen molar-refractivity contribution in [2.45, 2.75) is 89.6 Å². The lowest BCUT2D eigenvalue weighted by Gasteiger charge is -2.29. The van der Waals surface area contributed by atoms with Crippen molar-refractivity contribution < 1.29 is 13.2 Å². The van der Waals surface area contributed by atoms with Crippen LogP contribution >= 0.6 is 0 Å². The van der Waals surface area contributed by atoms with Gasteiger partial charge >= 0.3 is 6.18 Å². The third kappa shape index (κ3) is 7.97. The fourth-order valence-corrected chi connectivity index (χ4v) is 3.99. The van der Waals surface area contributed by atoms with Crippen molar-refractivity contribution in [3.8, 4) is 0 Å². The summed E-state index contributed by atoms with van der Waals surface area (Å²) in [5.41, 5.74) is 2.38. The second-order valence-electron chi connectivity index (χ2n) is 7.79. The summed E-state index contributed by atoms with van der Waals surface area (Å²) in [5, 5.41) is 0. The first-order valence-corrected chi connectivity index (χ1v) is 10.3. The highest BCUT2D eigenvalue weighted by atomic mass is 19.4. The van der Waals surface area contributed by atoms with Gasteiger partial charge in [-0.25, -0.2) is 0 Å². The molecule has 146 valence electrons. The molecule has 0 saturated heterocycles. The average Bonchev–Trinajstić information content (AvgIpc) is 2.63. The molecule has 0 atom stereocenters. The smallest absolute Gasteiger partial charge is 0.171 e. The van der Waals surface area contributed by atoms with Gasteiger partial charge in [0.15, 0.2) is 0 Å². The number of hydrogen-bond donors (Lipinski definition) is 0. The van der Waals surface area contributed by atoms with Gasteiger partial charge in [0.05, 0.1) is 0 Å². The van der Waals surface area contributed by atoms with E-state index >= 15 is 0 Å². The number of hydrogen-bond acceptors (Lipinski definition) is 0. The molecule has 0 bridgehead atoms. The maximum absolute atomic E-state index is 12.1. The van der Waals surface area contributed by atoms with E-state index in [1.165, 1.54) is 63.4 Å². The Hall–Kier alpha value is -1.25. The van der Waals surface area contributed by atoms with Crippen LogP contribution in [0.4, 0.5) is 13.2 Å². The molecule has 0 heterocycles. The molecule has 26 heavy (non-hydrogen) atoms. The van der Waals surface area contributed by atoms with Crippen LogP contribution in [0, 0.1) is 5.92 Å². The van der Waals surface area contributed by atoms with Gasteiger partial charge in [0.1, 0.15) is 0 Å². The molecule has 1 aromatic carbocycles. The van der Waals surface area contributed by atoms with Crippen LogP contribution in [0.1, 0.15) is 94.6 Å². The van der Waals surface area contributed by atoms with E-state index in [1.807, 2.05) is 12.1 Å². The molecule has 3 heteroatoms. The number of rotatable bonds is 9. The highest BCUT2D eigenvalue weighted by Crippen LogP contribution is 2.37. The van der Waals surface area contributed by atoms with E-state index in [4.69, 9.17) is 0 Å². The van der Waals surface area contributed by atoms with Gasteiger partial charge in [0.25, 0.3) is 0 Å². The van der Waals surface area contributed by atoms with Crippen LogP contribution in [-0.4, -0.2) is 6.18 Å². The average molecular weight is 367 g/mol. The minimum Gasteiger partial charge on any atom is -0.171 e. The summed E-state index contributed by atoms with van der Waals surface area (Å²) < 4.78 is 36.4. The van der Waals surface area contributed by atoms with Crippen LogP contribution in [0.3, 0.4) is 0 Å². The van der Waals surface area contributed by atoms with E-state index < -0.39 is 12.6 Å². The van der Waals surface area contributed by atoms with E-state index in [0.29, 0.717) is 5.92 Å². The predicted octanol–water partition coefficient (Wildman–Crippen LogP) is 8.29. The van der Waals surface area contributed by atoms with E-state index in [-0.39, 0.29) is 6.42 Å². The molecule has 1 aliphatic rings. The summed E-state index contributed by atoms with van der Waals surface area (Å²) in [5.74, 6) is 1.57. The molecule has 0 amide bonds. The summed E-state index contributed by atoms with van der Waals surface area (Å²) in [7, 11) is 0. The molecule has 1 aliphatic carbocycles. The van der Waals surface area contributed by atoms with E-state index in [9.17, 15) is 13.2 Å². The number of alkyl halides is 3. The fraction of sp³-hybridized carbons (Fsp3) is 0.652. The Kier molecular flexibility index (Phi) is 8.74. The molecular formula is C23H33F3. The molecular weight excluding hydrogens is 333 g/mol. The minimum atomic E-state index is -4.07. The van der Waals surface area contributed by atoms with Gasteiger partial charge < -0.3 is 0 Å². The van der Waals surface area contributed by atoms with Gasteiger partial charge in [0, 0.05) is 6.42 Å². The van der Waals surface area contributed by atoms with Crippen LogP contribution in [0.15, 0.2) is 30.3 Å². The van der Waals surface area contributed by atoms with Crippen molar-refractivity contribution in [1.29, 1.82) is 0 Å². The first-order valence-electron chi connectivity index (χ1n) is 10.3. The van der Waals surface area contributed by atoms with Crippen LogP contribution in [0.5, 0.6) is 0 Å². The van der Waals surface area contributed by atoms with Crippen LogP contribution in [0.2, 0.25) is 0 Å². The second kappa shape index (κ2) is 10.8. The minimum absolute atomic E-state index is 0.0491. The summed E-state index contributed by atoms with van der Waals surface area (Å²) in [6.07, 6.45) is 10.7. The number of halogens is 3. The van der Waals surface area contributed by atoms with Crippen molar-refractivity contribution in [1.82, 2.24) is 0 Å². The first-order chi connectivity index (χ1) is 12.5. The first kappa shape index (κ1) is 21.1. The molecule has 0 aliphatic heterocycles. The normalized spacial score (nSPS) is 21.4. The molecule has 2 rings (SSSR count). The number of allylic oxidation sites excluding steroid dienone is 1. The molecule has 0 unspecified atom stereocenters. The topological polar surface area (TPSA) is 0 Å². The van der Waals surface area contributed by atoms with Gasteiger partial charge in [-0.05, 0) is 55.1 Å². The van der Waals surface area contributed by atoms with Gasteiger partial charge in [0.2, 0.25) is 0 Å². The summed E-state index contributed by atoms with van der Waals surface area (Å²) in [4.78, 5) is 0. The van der Waals surface area contributed by atoms with E-state index in [1.54, 1.807) is 12.2 Å². The molecule has 1 fully saturated rings. The Balaban J connectivity index is 1.73. The van der Waals surface area contributed by atoms with E-state index in [2.05, 4.69) is 19.1 Å². The summed E-state index contributed by atoms with van der Waals surface area (Å²) in [6, 6.07) is 8.40. The zero-order valence-corrected chi connectivity index (χ0v) is 16.0. The molecule has 1 saturated carbocycles. The van der Waals surface area contributed by atoms with Crippen LogP contribution in [-0.2, 0) is 0 Å². The lowest BCUT2D eigenvalue weighted by molar-refractivity contribution is -0.133. The molecule has 1 aromatic rings. The van der Waals surface area contributed by atoms with Crippen molar-refractivity contribution in [3.63, 3.8) is 0 Å². The lowest BCUT2D eigenvalue weighted by atomic mass is 9.77. The second-order valence-corrected chi connectivity index (χ2v) is 7.79. The number of unbranched alkanes of at least 4 members (excludes halogenated alkanes) is 3. The fourth-order valence-electron chi connectivity index (χ4n) is 3.99. The van der Waals surface area contributed by atoms with Crippen molar-refractivity contribution >= 4 is 6.08 Å². The highest BCUT2D eigenvalue weighted by molar-refractivity contribution is 5.49. The van der Waals surface area contributed by atoms with Crippen molar-refractivity contribution in [2.24, 2.45) is 5.92 Å². The molecule has 0 aromatic heterocycles. The van der Waals surface area contributed by atoms with Crippen LogP contribution < -0.4 is 0 Å². The quantitative estimate of drug-likeness (QED) is 0.386. The third-order valence-corrected chi connectivity index (χ3v) is 5.63. The Labute approximate surface area is 156 Å². The van der Waals surface area contributed by atoms with Gasteiger partial charge in [-0.1, -0.05) is 75.4 Å². The Morgan fingerprint density at radius 1 is 0.962 bits per heavy atom. The standard InChI is InChI=1S/C23H33F3/c1-2-3-4-5-8-19-10-14-21(15-11-19)22-16-12-20(13-17-22)9-6-7-18-23(24,25)26/h6,9,12-13,16-17,19,21H,2-5,7-8,10-11,14-15,18H2,1H3/t19-,21-. The molecule has 0 spiro atoms. The van der Waals surface area contributed by atoms with Gasteiger partial charge in [-0.15, -0.1) is 0 Å².